The Labute approximate surface area is 216 Å². The van der Waals surface area contributed by atoms with Gasteiger partial charge in [0, 0.05) is 43.5 Å². The summed E-state index contributed by atoms with van der Waals surface area (Å²) in [6, 6.07) is 6.65. The fourth-order valence-electron chi connectivity index (χ4n) is 5.00. The van der Waals surface area contributed by atoms with Gasteiger partial charge in [-0.1, -0.05) is 12.6 Å². The first kappa shape index (κ1) is 26.5. The number of fused-ring (bicyclic) bond motifs is 1. The van der Waals surface area contributed by atoms with Gasteiger partial charge in [0.2, 0.25) is 5.91 Å². The van der Waals surface area contributed by atoms with Gasteiger partial charge >= 0.3 is 6.18 Å². The van der Waals surface area contributed by atoms with Crippen molar-refractivity contribution in [3.8, 4) is 22.9 Å². The summed E-state index contributed by atoms with van der Waals surface area (Å²) < 4.78 is 45.1. The predicted octanol–water partition coefficient (Wildman–Crippen LogP) is 3.50. The summed E-state index contributed by atoms with van der Waals surface area (Å²) in [5.74, 6) is -1.02. The van der Waals surface area contributed by atoms with Crippen LogP contribution in [0.1, 0.15) is 34.0 Å². The van der Waals surface area contributed by atoms with E-state index in [0.29, 0.717) is 47.1 Å². The number of hydrogen-bond acceptors (Lipinski definition) is 6. The third-order valence-electron chi connectivity index (χ3n) is 6.65. The molecule has 0 aliphatic carbocycles. The summed E-state index contributed by atoms with van der Waals surface area (Å²) in [5.41, 5.74) is 9.10. The van der Waals surface area contributed by atoms with E-state index in [1.54, 1.807) is 24.1 Å². The van der Waals surface area contributed by atoms with Crippen LogP contribution in [0.4, 0.5) is 19.0 Å². The van der Waals surface area contributed by atoms with Crippen molar-refractivity contribution in [2.45, 2.75) is 18.5 Å². The number of nitrogens with two attached hydrogens (primary N) is 1. The second-order valence-corrected chi connectivity index (χ2v) is 8.90. The molecule has 1 aliphatic rings. The Morgan fingerprint density at radius 2 is 2.13 bits per heavy atom. The highest BCUT2D eigenvalue weighted by molar-refractivity contribution is 6.07. The standard InChI is InChI=1S/C26H25F3N6O3/c1-4-19(36)35-8-7-15(12-35)22-20(21-23(34(22)2)16(10-30)11-32-24(21)31)14-5-6-17(18(9-14)38-3)25(37)33-13-26(27,28)29/h4-6,9,11,15H,1,7-8,12-13H2,2-3H3,(H2,31,32)(H,33,37). The maximum absolute atomic E-state index is 12.6. The van der Waals surface area contributed by atoms with Crippen LogP contribution in [0.5, 0.6) is 5.75 Å². The number of halogens is 3. The van der Waals surface area contributed by atoms with Crippen molar-refractivity contribution in [1.29, 1.82) is 5.26 Å². The summed E-state index contributed by atoms with van der Waals surface area (Å²) in [4.78, 5) is 30.6. The van der Waals surface area contributed by atoms with Crippen molar-refractivity contribution < 1.29 is 27.5 Å². The number of rotatable bonds is 6. The molecule has 0 bridgehead atoms. The number of benzene rings is 1. The first-order chi connectivity index (χ1) is 18.0. The van der Waals surface area contributed by atoms with Gasteiger partial charge in [-0.25, -0.2) is 4.98 Å². The Kier molecular flexibility index (Phi) is 7.04. The molecule has 3 heterocycles. The molecule has 1 unspecified atom stereocenters. The zero-order valence-electron chi connectivity index (χ0n) is 20.7. The molecule has 3 aromatic rings. The van der Waals surface area contributed by atoms with Crippen molar-refractivity contribution in [1.82, 2.24) is 19.8 Å². The summed E-state index contributed by atoms with van der Waals surface area (Å²) in [7, 11) is 3.11. The molecule has 2 amide bonds. The first-order valence-corrected chi connectivity index (χ1v) is 11.6. The molecule has 4 rings (SSSR count). The number of carbonyl (C=O) groups is 2. The number of methoxy groups -OCH3 is 1. The Morgan fingerprint density at radius 3 is 2.76 bits per heavy atom. The molecule has 38 heavy (non-hydrogen) atoms. The van der Waals surface area contributed by atoms with E-state index in [-0.39, 0.29) is 29.0 Å². The lowest BCUT2D eigenvalue weighted by Crippen LogP contribution is -2.33. The van der Waals surface area contributed by atoms with Gasteiger partial charge in [-0.15, -0.1) is 0 Å². The number of anilines is 1. The smallest absolute Gasteiger partial charge is 0.405 e. The third kappa shape index (κ3) is 4.74. The summed E-state index contributed by atoms with van der Waals surface area (Å²) in [5, 5.41) is 12.1. The Balaban J connectivity index is 1.90. The normalized spacial score (nSPS) is 15.4. The van der Waals surface area contributed by atoms with Crippen molar-refractivity contribution in [3.05, 3.63) is 53.9 Å². The highest BCUT2D eigenvalue weighted by atomic mass is 19.4. The third-order valence-corrected chi connectivity index (χ3v) is 6.65. The molecule has 1 saturated heterocycles. The molecule has 12 heteroatoms. The molecule has 198 valence electrons. The number of likely N-dealkylation sites (tertiary alicyclic amines) is 1. The molecule has 9 nitrogen and oxygen atoms in total. The number of hydrogen-bond donors (Lipinski definition) is 2. The van der Waals surface area contributed by atoms with Crippen LogP contribution in [0.15, 0.2) is 37.1 Å². The monoisotopic (exact) mass is 526 g/mol. The summed E-state index contributed by atoms with van der Waals surface area (Å²) in [6.45, 7) is 3.00. The van der Waals surface area contributed by atoms with Crippen LogP contribution in [0.25, 0.3) is 22.0 Å². The molecule has 0 spiro atoms. The SMILES string of the molecule is C=CC(=O)N1CCC(c2c(-c3ccc(C(=O)NCC(F)(F)F)c(OC)c3)c3c(N)ncc(C#N)c3n2C)C1. The van der Waals surface area contributed by atoms with E-state index < -0.39 is 18.6 Å². The lowest BCUT2D eigenvalue weighted by molar-refractivity contribution is -0.125. The topological polar surface area (TPSA) is 126 Å². The molecule has 3 N–H and O–H groups in total. The maximum atomic E-state index is 12.6. The Bertz CT molecular complexity index is 1490. The number of ether oxygens (including phenoxy) is 1. The van der Waals surface area contributed by atoms with Crippen LogP contribution >= 0.6 is 0 Å². The van der Waals surface area contributed by atoms with Crippen molar-refractivity contribution >= 4 is 28.5 Å². The minimum absolute atomic E-state index is 0.0583. The molecule has 1 fully saturated rings. The molecular weight excluding hydrogens is 501 g/mol. The minimum Gasteiger partial charge on any atom is -0.496 e. The molecule has 2 aromatic heterocycles. The van der Waals surface area contributed by atoms with Gasteiger partial charge in [0.25, 0.3) is 5.91 Å². The van der Waals surface area contributed by atoms with E-state index in [4.69, 9.17) is 10.5 Å². The number of carbonyl (C=O) groups excluding carboxylic acids is 2. The largest absolute Gasteiger partial charge is 0.496 e. The van der Waals surface area contributed by atoms with Crippen LogP contribution in [-0.2, 0) is 11.8 Å². The number of aromatic nitrogens is 2. The van der Waals surface area contributed by atoms with Gasteiger partial charge < -0.3 is 25.3 Å². The van der Waals surface area contributed by atoms with Gasteiger partial charge in [-0.05, 0) is 30.2 Å². The second-order valence-electron chi connectivity index (χ2n) is 8.90. The second kappa shape index (κ2) is 10.1. The van der Waals surface area contributed by atoms with Gasteiger partial charge in [0.1, 0.15) is 24.2 Å². The summed E-state index contributed by atoms with van der Waals surface area (Å²) >= 11 is 0. The maximum Gasteiger partial charge on any atom is 0.405 e. The Hall–Kier alpha value is -4.53. The van der Waals surface area contributed by atoms with Gasteiger partial charge in [0.05, 0.1) is 29.1 Å². The molecule has 1 aliphatic heterocycles. The number of alkyl halides is 3. The van der Waals surface area contributed by atoms with E-state index in [1.165, 1.54) is 25.4 Å². The average Bonchev–Trinajstić information content (AvgIpc) is 3.49. The quantitative estimate of drug-likeness (QED) is 0.474. The molecule has 0 saturated carbocycles. The number of pyridine rings is 1. The van der Waals surface area contributed by atoms with Crippen molar-refractivity contribution in [2.24, 2.45) is 7.05 Å². The van der Waals surface area contributed by atoms with Crippen LogP contribution in [-0.4, -0.2) is 59.2 Å². The molecule has 1 aromatic carbocycles. The zero-order chi connectivity index (χ0) is 27.8. The highest BCUT2D eigenvalue weighted by Crippen LogP contribution is 2.44. The van der Waals surface area contributed by atoms with Gasteiger partial charge in [-0.3, -0.25) is 9.59 Å². The van der Waals surface area contributed by atoms with Crippen LogP contribution in [0, 0.1) is 11.3 Å². The van der Waals surface area contributed by atoms with E-state index in [1.807, 2.05) is 9.88 Å². The van der Waals surface area contributed by atoms with Gasteiger partial charge in [0.15, 0.2) is 0 Å². The Morgan fingerprint density at radius 1 is 1.39 bits per heavy atom. The first-order valence-electron chi connectivity index (χ1n) is 11.6. The highest BCUT2D eigenvalue weighted by Gasteiger charge is 2.33. The number of nitrogen functional groups attached to an aromatic ring is 1. The number of amides is 2. The predicted molar refractivity (Wildman–Crippen MR) is 134 cm³/mol. The molecular formula is C26H25F3N6O3. The number of aryl methyl sites for hydroxylation is 1. The summed E-state index contributed by atoms with van der Waals surface area (Å²) in [6.07, 6.45) is -1.27. The van der Waals surface area contributed by atoms with E-state index in [2.05, 4.69) is 17.6 Å². The van der Waals surface area contributed by atoms with E-state index in [9.17, 15) is 28.0 Å². The fraction of sp³-hybridized carbons (Fsp3) is 0.308. The van der Waals surface area contributed by atoms with Gasteiger partial charge in [-0.2, -0.15) is 18.4 Å². The number of nitrogens with zero attached hydrogens (tertiary/aromatic N) is 4. The molecule has 1 atom stereocenters. The van der Waals surface area contributed by atoms with E-state index in [0.717, 1.165) is 5.69 Å². The molecule has 0 radical (unpaired) electrons. The van der Waals surface area contributed by atoms with Crippen molar-refractivity contribution in [3.63, 3.8) is 0 Å². The average molecular weight is 527 g/mol. The van der Waals surface area contributed by atoms with Crippen LogP contribution in [0.3, 0.4) is 0 Å². The van der Waals surface area contributed by atoms with Crippen LogP contribution in [0.2, 0.25) is 0 Å². The zero-order valence-corrected chi connectivity index (χ0v) is 20.7. The lowest BCUT2D eigenvalue weighted by Gasteiger charge is -2.18. The van der Waals surface area contributed by atoms with E-state index >= 15 is 0 Å². The van der Waals surface area contributed by atoms with Crippen molar-refractivity contribution in [2.75, 3.05) is 32.5 Å². The number of nitrogens with one attached hydrogen (secondary N) is 1. The number of nitriles is 1. The minimum atomic E-state index is -4.56. The fourth-order valence-corrected chi connectivity index (χ4v) is 5.00. The van der Waals surface area contributed by atoms with Crippen LogP contribution < -0.4 is 15.8 Å². The lowest BCUT2D eigenvalue weighted by atomic mass is 9.93.